The van der Waals surface area contributed by atoms with E-state index in [2.05, 4.69) is 29.1 Å². The van der Waals surface area contributed by atoms with Crippen molar-refractivity contribution in [3.05, 3.63) is 85.0 Å². The fourth-order valence-corrected chi connectivity index (χ4v) is 11.3. The number of hydrogen-bond acceptors (Lipinski definition) is 5. The van der Waals surface area contributed by atoms with Crippen molar-refractivity contribution in [3.8, 4) is 0 Å². The Morgan fingerprint density at radius 1 is 1.09 bits per heavy atom. The number of anilines is 2. The first-order valence-corrected chi connectivity index (χ1v) is 17.5. The van der Waals surface area contributed by atoms with Gasteiger partial charge in [0.1, 0.15) is 6.04 Å². The van der Waals surface area contributed by atoms with Crippen molar-refractivity contribution < 1.29 is 19.5 Å². The average molecular weight is 695 g/mol. The standard InChI is InChI=1S/C36H44BrN3O4S/c1-7-16-38(25-12-10-9-11-13-25)33(42)29-30-34(43)40(26(21-41)18-22(3)4)32(36(30)20-27(37)31(29)45-36)35(44)39(17-8-2)28-19-23(5)14-15-24(28)6/h7-15,19,22,26-27,29-32,41H,1-2,16-18,20-21H2,3-6H3/t26-,27?,29-,30+,31-,32?,36?/m1/s1. The molecule has 1 N–H and O–H groups in total. The van der Waals surface area contributed by atoms with E-state index in [1.807, 2.05) is 76.2 Å². The number of likely N-dealkylation sites (tertiary alicyclic amines) is 1. The Balaban J connectivity index is 1.65. The number of aliphatic hydroxyl groups excluding tert-OH is 1. The molecule has 3 fully saturated rings. The Bertz CT molecular complexity index is 1470. The summed E-state index contributed by atoms with van der Waals surface area (Å²) in [6.07, 6.45) is 4.51. The van der Waals surface area contributed by atoms with Crippen molar-refractivity contribution in [1.29, 1.82) is 0 Å². The molecule has 7 atom stereocenters. The molecule has 3 heterocycles. The fraction of sp³-hybridized carbons (Fsp3) is 0.472. The van der Waals surface area contributed by atoms with Gasteiger partial charge in [-0.3, -0.25) is 14.4 Å². The predicted molar refractivity (Wildman–Crippen MR) is 187 cm³/mol. The highest BCUT2D eigenvalue weighted by atomic mass is 79.9. The number of nitrogens with zero attached hydrogens (tertiary/aromatic N) is 3. The summed E-state index contributed by atoms with van der Waals surface area (Å²) >= 11 is 5.51. The molecule has 5 rings (SSSR count). The van der Waals surface area contributed by atoms with E-state index in [0.29, 0.717) is 19.4 Å². The van der Waals surface area contributed by atoms with Gasteiger partial charge in [0.25, 0.3) is 5.91 Å². The average Bonchev–Trinajstić information content (AvgIpc) is 3.61. The van der Waals surface area contributed by atoms with Crippen LogP contribution in [0.5, 0.6) is 0 Å². The lowest BCUT2D eigenvalue weighted by Crippen LogP contribution is -2.58. The third-order valence-electron chi connectivity index (χ3n) is 9.47. The van der Waals surface area contributed by atoms with Gasteiger partial charge in [-0.25, -0.2) is 0 Å². The van der Waals surface area contributed by atoms with Crippen molar-refractivity contribution >= 4 is 56.8 Å². The van der Waals surface area contributed by atoms with Crippen LogP contribution in [0.25, 0.3) is 0 Å². The number of thioether (sulfide) groups is 1. The second-order valence-corrected chi connectivity index (χ2v) is 15.7. The molecule has 3 aliphatic heterocycles. The smallest absolute Gasteiger partial charge is 0.251 e. The zero-order chi connectivity index (χ0) is 32.6. The van der Waals surface area contributed by atoms with Crippen LogP contribution in [0.2, 0.25) is 0 Å². The van der Waals surface area contributed by atoms with Gasteiger partial charge in [0.15, 0.2) is 0 Å². The van der Waals surface area contributed by atoms with Gasteiger partial charge in [-0.1, -0.05) is 72.3 Å². The number of aliphatic hydroxyl groups is 1. The molecule has 3 aliphatic rings. The topological polar surface area (TPSA) is 81.2 Å². The number of hydrogen-bond donors (Lipinski definition) is 1. The van der Waals surface area contributed by atoms with E-state index in [-0.39, 0.29) is 46.9 Å². The Morgan fingerprint density at radius 2 is 1.76 bits per heavy atom. The number of para-hydroxylation sites is 1. The highest BCUT2D eigenvalue weighted by molar-refractivity contribution is 9.09. The summed E-state index contributed by atoms with van der Waals surface area (Å²) < 4.78 is -0.842. The number of benzene rings is 2. The molecular formula is C36H44BrN3O4S. The van der Waals surface area contributed by atoms with Crippen LogP contribution in [0.15, 0.2) is 73.8 Å². The highest BCUT2D eigenvalue weighted by Gasteiger charge is 2.76. The van der Waals surface area contributed by atoms with Gasteiger partial charge in [0.2, 0.25) is 11.8 Å². The molecule has 240 valence electrons. The normalized spacial score (nSPS) is 27.4. The van der Waals surface area contributed by atoms with Gasteiger partial charge < -0.3 is 19.8 Å². The minimum Gasteiger partial charge on any atom is -0.394 e. The second-order valence-electron chi connectivity index (χ2n) is 13.0. The van der Waals surface area contributed by atoms with Crippen LogP contribution in [0.1, 0.15) is 37.8 Å². The molecule has 0 aromatic heterocycles. The van der Waals surface area contributed by atoms with Crippen molar-refractivity contribution in [3.63, 3.8) is 0 Å². The zero-order valence-corrected chi connectivity index (χ0v) is 29.0. The molecule has 9 heteroatoms. The van der Waals surface area contributed by atoms with Crippen LogP contribution in [-0.4, -0.2) is 74.3 Å². The summed E-state index contributed by atoms with van der Waals surface area (Å²) in [4.78, 5) is 49.6. The van der Waals surface area contributed by atoms with E-state index in [0.717, 1.165) is 22.5 Å². The fourth-order valence-electron chi connectivity index (χ4n) is 7.68. The van der Waals surface area contributed by atoms with Gasteiger partial charge in [-0.15, -0.1) is 24.9 Å². The summed E-state index contributed by atoms with van der Waals surface area (Å²) in [7, 11) is 0. The maximum Gasteiger partial charge on any atom is 0.251 e. The SMILES string of the molecule is C=CCN(C(=O)[C@H]1[C@@H]2SC3(CC2Br)C(C(=O)N(CC=C)c2cc(C)ccc2C)N([C@@H](CO)CC(C)C)C(=O)[C@H]13)c1ccccc1. The van der Waals surface area contributed by atoms with Gasteiger partial charge in [-0.2, -0.15) is 0 Å². The number of fused-ring (bicyclic) bond motifs is 1. The molecule has 3 saturated heterocycles. The molecule has 3 amide bonds. The van der Waals surface area contributed by atoms with Crippen LogP contribution >= 0.6 is 27.7 Å². The van der Waals surface area contributed by atoms with Gasteiger partial charge >= 0.3 is 0 Å². The first-order valence-electron chi connectivity index (χ1n) is 15.7. The lowest BCUT2D eigenvalue weighted by atomic mass is 9.70. The Hall–Kier alpha value is -2.88. The molecule has 2 aromatic rings. The van der Waals surface area contributed by atoms with E-state index in [4.69, 9.17) is 0 Å². The van der Waals surface area contributed by atoms with Gasteiger partial charge in [0, 0.05) is 34.5 Å². The molecule has 2 bridgehead atoms. The van der Waals surface area contributed by atoms with E-state index >= 15 is 4.79 Å². The van der Waals surface area contributed by atoms with Crippen LogP contribution in [0, 0.1) is 31.6 Å². The van der Waals surface area contributed by atoms with Gasteiger partial charge in [0.05, 0.1) is 29.2 Å². The summed E-state index contributed by atoms with van der Waals surface area (Å²) in [5.74, 6) is -1.73. The third kappa shape index (κ3) is 5.80. The monoisotopic (exact) mass is 693 g/mol. The Labute approximate surface area is 279 Å². The molecule has 7 nitrogen and oxygen atoms in total. The number of aryl methyl sites for hydroxylation is 2. The first-order chi connectivity index (χ1) is 21.5. The summed E-state index contributed by atoms with van der Waals surface area (Å²) in [5, 5.41) is 10.5. The molecule has 0 saturated carbocycles. The summed E-state index contributed by atoms with van der Waals surface area (Å²) in [5.41, 5.74) is 3.48. The maximum atomic E-state index is 15.1. The van der Waals surface area contributed by atoms with Crippen molar-refractivity contribution in [2.75, 3.05) is 29.5 Å². The second kappa shape index (κ2) is 13.5. The maximum absolute atomic E-state index is 15.1. The molecule has 45 heavy (non-hydrogen) atoms. The van der Waals surface area contributed by atoms with Gasteiger partial charge in [-0.05, 0) is 61.9 Å². The van der Waals surface area contributed by atoms with Crippen molar-refractivity contribution in [2.45, 2.75) is 67.4 Å². The van der Waals surface area contributed by atoms with E-state index in [9.17, 15) is 14.7 Å². The molecule has 1 spiro atoms. The Morgan fingerprint density at radius 3 is 2.38 bits per heavy atom. The van der Waals surface area contributed by atoms with Crippen LogP contribution in [0.4, 0.5) is 11.4 Å². The zero-order valence-electron chi connectivity index (χ0n) is 26.6. The van der Waals surface area contributed by atoms with Crippen LogP contribution in [-0.2, 0) is 14.4 Å². The Kier molecular flexibility index (Phi) is 10.0. The number of halogens is 1. The summed E-state index contributed by atoms with van der Waals surface area (Å²) in [6, 6.07) is 14.1. The first kappa shape index (κ1) is 33.5. The lowest BCUT2D eigenvalue weighted by Gasteiger charge is -2.40. The summed E-state index contributed by atoms with van der Waals surface area (Å²) in [6.45, 7) is 16.2. The number of rotatable bonds is 12. The number of amides is 3. The highest BCUT2D eigenvalue weighted by Crippen LogP contribution is 2.68. The number of carbonyl (C=O) groups is 3. The van der Waals surface area contributed by atoms with Crippen LogP contribution < -0.4 is 9.80 Å². The van der Waals surface area contributed by atoms with E-state index < -0.39 is 28.7 Å². The van der Waals surface area contributed by atoms with E-state index in [1.54, 1.807) is 38.6 Å². The molecule has 3 unspecified atom stereocenters. The number of carbonyl (C=O) groups excluding carboxylic acids is 3. The molecule has 0 aliphatic carbocycles. The predicted octanol–water partition coefficient (Wildman–Crippen LogP) is 5.91. The van der Waals surface area contributed by atoms with Crippen LogP contribution in [0.3, 0.4) is 0 Å². The minimum absolute atomic E-state index is 0.0664. The molecule has 0 radical (unpaired) electrons. The van der Waals surface area contributed by atoms with Crippen molar-refractivity contribution in [1.82, 2.24) is 4.90 Å². The largest absolute Gasteiger partial charge is 0.394 e. The third-order valence-corrected chi connectivity index (χ3v) is 12.7. The molecular weight excluding hydrogens is 650 g/mol. The molecule has 2 aromatic carbocycles. The minimum atomic E-state index is -0.858. The number of alkyl halides is 1. The van der Waals surface area contributed by atoms with E-state index in [1.165, 1.54) is 0 Å². The van der Waals surface area contributed by atoms with Crippen molar-refractivity contribution in [2.24, 2.45) is 17.8 Å². The quantitative estimate of drug-likeness (QED) is 0.221. The lowest BCUT2D eigenvalue weighted by molar-refractivity contribution is -0.142.